The van der Waals surface area contributed by atoms with Gasteiger partial charge in [-0.05, 0) is 50.3 Å². The lowest BCUT2D eigenvalue weighted by Gasteiger charge is -2.35. The molecule has 1 aliphatic carbocycles. The third kappa shape index (κ3) is 3.66. The second-order valence-electron chi connectivity index (χ2n) is 8.50. The van der Waals surface area contributed by atoms with E-state index in [1.54, 1.807) is 7.11 Å². The molecule has 4 aromatic rings. The predicted molar refractivity (Wildman–Crippen MR) is 138 cm³/mol. The Hall–Kier alpha value is -3.20. The summed E-state index contributed by atoms with van der Waals surface area (Å²) in [6, 6.07) is 41.2. The lowest BCUT2D eigenvalue weighted by Crippen LogP contribution is -2.67. The van der Waals surface area contributed by atoms with Crippen molar-refractivity contribution < 1.29 is 4.74 Å². The predicted octanol–water partition coefficient (Wildman–Crippen LogP) is 4.94. The van der Waals surface area contributed by atoms with E-state index in [0.717, 1.165) is 12.5 Å². The second-order valence-corrected chi connectivity index (χ2v) is 12.4. The maximum absolute atomic E-state index is 5.57. The Bertz CT molecular complexity index is 1120. The molecule has 0 amide bonds. The summed E-state index contributed by atoms with van der Waals surface area (Å²) in [4.78, 5) is 0. The van der Waals surface area contributed by atoms with Crippen molar-refractivity contribution in [3.8, 4) is 0 Å². The fraction of sp³-hybridized carbons (Fsp3) is 0.133. The summed E-state index contributed by atoms with van der Waals surface area (Å²) in [5, 5.41) is 4.36. The van der Waals surface area contributed by atoms with Crippen LogP contribution in [0.25, 0.3) is 5.57 Å². The zero-order valence-corrected chi connectivity index (χ0v) is 19.5. The highest BCUT2D eigenvalue weighted by Gasteiger charge is 2.41. The molecule has 0 aliphatic heterocycles. The molecule has 0 saturated heterocycles. The minimum Gasteiger partial charge on any atom is -0.380 e. The van der Waals surface area contributed by atoms with Crippen LogP contribution in [-0.2, 0) is 17.8 Å². The first-order chi connectivity index (χ1) is 15.8. The van der Waals surface area contributed by atoms with Gasteiger partial charge in [-0.15, -0.1) is 0 Å². The minimum atomic E-state index is -2.31. The Kier molecular flexibility index (Phi) is 5.89. The van der Waals surface area contributed by atoms with Gasteiger partial charge in [0.1, 0.15) is 0 Å². The van der Waals surface area contributed by atoms with Gasteiger partial charge < -0.3 is 4.74 Å². The first-order valence-electron chi connectivity index (χ1n) is 11.3. The molecule has 1 nitrogen and oxygen atoms in total. The standard InChI is InChI=1S/C30H28OSi/c1-31-22-25-13-11-12-24-20-21-26(30(24)25)23-32(27-14-5-2-6-15-27,28-16-7-3-8-17-28)29-18-9-4-10-19-29/h2-19,21H,20,22-23H2,1H3. The molecule has 5 rings (SSSR count). The van der Waals surface area contributed by atoms with Crippen LogP contribution in [0.1, 0.15) is 16.7 Å². The topological polar surface area (TPSA) is 9.23 Å². The van der Waals surface area contributed by atoms with E-state index in [-0.39, 0.29) is 0 Å². The van der Waals surface area contributed by atoms with E-state index in [4.69, 9.17) is 4.74 Å². The van der Waals surface area contributed by atoms with Crippen LogP contribution in [0, 0.1) is 0 Å². The van der Waals surface area contributed by atoms with Crippen molar-refractivity contribution in [2.75, 3.05) is 7.11 Å². The lowest BCUT2D eigenvalue weighted by molar-refractivity contribution is 0.184. The van der Waals surface area contributed by atoms with Crippen molar-refractivity contribution in [2.24, 2.45) is 0 Å². The van der Waals surface area contributed by atoms with Crippen molar-refractivity contribution >= 4 is 29.2 Å². The van der Waals surface area contributed by atoms with E-state index in [1.165, 1.54) is 37.8 Å². The molecule has 0 atom stereocenters. The number of rotatable bonds is 7. The summed E-state index contributed by atoms with van der Waals surface area (Å²) >= 11 is 0. The van der Waals surface area contributed by atoms with Crippen LogP contribution in [-0.4, -0.2) is 15.2 Å². The summed E-state index contributed by atoms with van der Waals surface area (Å²) in [6.45, 7) is 0.650. The van der Waals surface area contributed by atoms with Gasteiger partial charge in [-0.2, -0.15) is 0 Å². The van der Waals surface area contributed by atoms with E-state index >= 15 is 0 Å². The van der Waals surface area contributed by atoms with Gasteiger partial charge in [0.15, 0.2) is 8.07 Å². The van der Waals surface area contributed by atoms with Crippen molar-refractivity contribution in [1.82, 2.24) is 0 Å². The molecule has 0 radical (unpaired) electrons. The minimum absolute atomic E-state index is 0.650. The average molecular weight is 433 g/mol. The van der Waals surface area contributed by atoms with Gasteiger partial charge in [0.05, 0.1) is 6.61 Å². The Morgan fingerprint density at radius 3 is 1.69 bits per heavy atom. The molecule has 1 aliphatic rings. The molecule has 4 aromatic carbocycles. The maximum atomic E-state index is 5.57. The summed E-state index contributed by atoms with van der Waals surface area (Å²) in [5.74, 6) is 0. The highest BCUT2D eigenvalue weighted by molar-refractivity contribution is 7.12. The number of methoxy groups -OCH3 is 1. The van der Waals surface area contributed by atoms with E-state index in [9.17, 15) is 0 Å². The number of hydrogen-bond donors (Lipinski definition) is 0. The number of benzene rings is 4. The summed E-state index contributed by atoms with van der Waals surface area (Å²) in [7, 11) is -0.526. The summed E-state index contributed by atoms with van der Waals surface area (Å²) in [5.41, 5.74) is 5.60. The molecule has 0 saturated carbocycles. The summed E-state index contributed by atoms with van der Waals surface area (Å²) in [6.07, 6.45) is 3.46. The van der Waals surface area contributed by atoms with Gasteiger partial charge in [0, 0.05) is 7.11 Å². The highest BCUT2D eigenvalue weighted by Crippen LogP contribution is 2.36. The van der Waals surface area contributed by atoms with Crippen molar-refractivity contribution in [2.45, 2.75) is 19.1 Å². The van der Waals surface area contributed by atoms with Gasteiger partial charge in [-0.3, -0.25) is 0 Å². The van der Waals surface area contributed by atoms with E-state index in [2.05, 4.69) is 115 Å². The van der Waals surface area contributed by atoms with Crippen LogP contribution in [0.3, 0.4) is 0 Å². The van der Waals surface area contributed by atoms with E-state index in [0.29, 0.717) is 6.61 Å². The average Bonchev–Trinajstić information content (AvgIpc) is 3.28. The normalized spacial score (nSPS) is 13.0. The molecule has 158 valence electrons. The monoisotopic (exact) mass is 432 g/mol. The number of fused-ring (bicyclic) bond motifs is 1. The molecule has 0 bridgehead atoms. The Morgan fingerprint density at radius 1 is 0.656 bits per heavy atom. The summed E-state index contributed by atoms with van der Waals surface area (Å²) < 4.78 is 5.57. The molecule has 0 N–H and O–H groups in total. The molecule has 0 fully saturated rings. The van der Waals surface area contributed by atoms with Crippen LogP contribution < -0.4 is 15.6 Å². The quantitative estimate of drug-likeness (QED) is 0.297. The smallest absolute Gasteiger partial charge is 0.152 e. The van der Waals surface area contributed by atoms with Gasteiger partial charge in [0.25, 0.3) is 0 Å². The van der Waals surface area contributed by atoms with Gasteiger partial charge in [-0.1, -0.05) is 115 Å². The van der Waals surface area contributed by atoms with Gasteiger partial charge >= 0.3 is 0 Å². The molecular formula is C30H28OSi. The fourth-order valence-corrected chi connectivity index (χ4v) is 10.1. The second kappa shape index (κ2) is 9.11. The highest BCUT2D eigenvalue weighted by atomic mass is 28.3. The number of ether oxygens (including phenoxy) is 1. The van der Waals surface area contributed by atoms with Crippen LogP contribution in [0.15, 0.2) is 115 Å². The van der Waals surface area contributed by atoms with Gasteiger partial charge in [0.2, 0.25) is 0 Å². The fourth-order valence-electron chi connectivity index (χ4n) is 5.27. The van der Waals surface area contributed by atoms with Crippen molar-refractivity contribution in [3.05, 3.63) is 132 Å². The van der Waals surface area contributed by atoms with Crippen LogP contribution in [0.4, 0.5) is 0 Å². The Balaban J connectivity index is 1.73. The third-order valence-electron chi connectivity index (χ3n) is 6.68. The molecule has 0 aromatic heterocycles. The molecule has 0 heterocycles. The van der Waals surface area contributed by atoms with Crippen molar-refractivity contribution in [3.63, 3.8) is 0 Å². The first-order valence-corrected chi connectivity index (χ1v) is 13.5. The lowest BCUT2D eigenvalue weighted by atomic mass is 10.0. The Labute approximate surface area is 192 Å². The molecule has 2 heteroatoms. The van der Waals surface area contributed by atoms with E-state index < -0.39 is 8.07 Å². The van der Waals surface area contributed by atoms with Crippen LogP contribution >= 0.6 is 0 Å². The largest absolute Gasteiger partial charge is 0.380 e. The van der Waals surface area contributed by atoms with Gasteiger partial charge in [-0.25, -0.2) is 0 Å². The molecule has 0 spiro atoms. The molecule has 32 heavy (non-hydrogen) atoms. The SMILES string of the molecule is COCc1cccc2c1C(C[Si](c1ccccc1)(c1ccccc1)c1ccccc1)=CC2. The molecular weight excluding hydrogens is 404 g/mol. The van der Waals surface area contributed by atoms with Crippen LogP contribution in [0.5, 0.6) is 0 Å². The zero-order valence-electron chi connectivity index (χ0n) is 18.5. The van der Waals surface area contributed by atoms with Crippen LogP contribution in [0.2, 0.25) is 6.04 Å². The van der Waals surface area contributed by atoms with Crippen molar-refractivity contribution in [1.29, 1.82) is 0 Å². The third-order valence-corrected chi connectivity index (χ3v) is 11.5. The maximum Gasteiger partial charge on any atom is 0.152 e. The molecule has 0 unspecified atom stereocenters. The number of hydrogen-bond acceptors (Lipinski definition) is 1. The first kappa shape index (κ1) is 20.7. The zero-order chi connectivity index (χ0) is 21.8. The number of allylic oxidation sites excluding steroid dienone is 2. The Morgan fingerprint density at radius 2 is 1.19 bits per heavy atom. The van der Waals surface area contributed by atoms with E-state index in [1.807, 2.05) is 0 Å².